The van der Waals surface area contributed by atoms with Gasteiger partial charge >= 0.3 is 0 Å². The van der Waals surface area contributed by atoms with E-state index in [9.17, 15) is 0 Å². The first-order valence-electron chi connectivity index (χ1n) is 6.24. The Kier molecular flexibility index (Phi) is 4.22. The first kappa shape index (κ1) is 11.8. The van der Waals surface area contributed by atoms with E-state index in [1.54, 1.807) is 0 Å². The lowest BCUT2D eigenvalue weighted by molar-refractivity contribution is 0.0319. The summed E-state index contributed by atoms with van der Waals surface area (Å²) in [4.78, 5) is 0. The molecule has 4 unspecified atom stereocenters. The van der Waals surface area contributed by atoms with Crippen LogP contribution in [0.2, 0.25) is 0 Å². The summed E-state index contributed by atoms with van der Waals surface area (Å²) in [5, 5.41) is 0. The van der Waals surface area contributed by atoms with Crippen molar-refractivity contribution in [2.24, 2.45) is 29.6 Å². The summed E-state index contributed by atoms with van der Waals surface area (Å²) in [6.07, 6.45) is 7.49. The van der Waals surface area contributed by atoms with Crippen LogP contribution in [0.4, 0.5) is 0 Å². The Balaban J connectivity index is 2.61. The standard InChI is InChI=1S/C14H26/c1-6-8-13(10(3)4)14-9-11(5)12(14)7-2/h6,8,10-14H,7,9H2,1-5H3. The van der Waals surface area contributed by atoms with Gasteiger partial charge in [0, 0.05) is 0 Å². The second-order valence-electron chi connectivity index (χ2n) is 5.30. The summed E-state index contributed by atoms with van der Waals surface area (Å²) in [5.41, 5.74) is 0. The molecule has 0 aromatic heterocycles. The Hall–Kier alpha value is -0.260. The van der Waals surface area contributed by atoms with Crippen molar-refractivity contribution < 1.29 is 0 Å². The van der Waals surface area contributed by atoms with E-state index in [-0.39, 0.29) is 0 Å². The number of rotatable bonds is 4. The van der Waals surface area contributed by atoms with Gasteiger partial charge in [-0.05, 0) is 42.9 Å². The molecule has 0 spiro atoms. The lowest BCUT2D eigenvalue weighted by Crippen LogP contribution is -2.40. The van der Waals surface area contributed by atoms with Crippen molar-refractivity contribution in [3.63, 3.8) is 0 Å². The van der Waals surface area contributed by atoms with Gasteiger partial charge in [-0.2, -0.15) is 0 Å². The van der Waals surface area contributed by atoms with Gasteiger partial charge in [-0.15, -0.1) is 0 Å². The van der Waals surface area contributed by atoms with Crippen molar-refractivity contribution in [1.82, 2.24) is 0 Å². The van der Waals surface area contributed by atoms with E-state index in [0.717, 1.165) is 29.6 Å². The molecule has 4 atom stereocenters. The zero-order valence-electron chi connectivity index (χ0n) is 10.5. The fraction of sp³-hybridized carbons (Fsp3) is 0.857. The fourth-order valence-electron chi connectivity index (χ4n) is 3.23. The number of hydrogen-bond acceptors (Lipinski definition) is 0. The minimum absolute atomic E-state index is 0.803. The summed E-state index contributed by atoms with van der Waals surface area (Å²) >= 11 is 0. The maximum absolute atomic E-state index is 2.43. The van der Waals surface area contributed by atoms with Crippen LogP contribution in [0.1, 0.15) is 47.5 Å². The molecule has 0 aromatic carbocycles. The number of allylic oxidation sites excluding steroid dienone is 2. The smallest absolute Gasteiger partial charge is 0.0179 e. The van der Waals surface area contributed by atoms with E-state index >= 15 is 0 Å². The molecule has 0 saturated heterocycles. The quantitative estimate of drug-likeness (QED) is 0.577. The molecule has 82 valence electrons. The minimum Gasteiger partial charge on any atom is -0.0914 e. The SMILES string of the molecule is CC=CC(C(C)C)C1CC(C)C1CC. The summed E-state index contributed by atoms with van der Waals surface area (Å²) in [7, 11) is 0. The van der Waals surface area contributed by atoms with E-state index < -0.39 is 0 Å². The Morgan fingerprint density at radius 1 is 1.36 bits per heavy atom. The van der Waals surface area contributed by atoms with Crippen molar-refractivity contribution in [1.29, 1.82) is 0 Å². The fourth-order valence-corrected chi connectivity index (χ4v) is 3.23. The van der Waals surface area contributed by atoms with Crippen LogP contribution in [0, 0.1) is 29.6 Å². The minimum atomic E-state index is 0.803. The largest absolute Gasteiger partial charge is 0.0914 e. The maximum atomic E-state index is 2.43. The van der Waals surface area contributed by atoms with Gasteiger partial charge in [0.25, 0.3) is 0 Å². The normalized spacial score (nSPS) is 34.9. The van der Waals surface area contributed by atoms with Crippen LogP contribution >= 0.6 is 0 Å². The molecule has 0 nitrogen and oxygen atoms in total. The van der Waals surface area contributed by atoms with Gasteiger partial charge in [0.1, 0.15) is 0 Å². The number of hydrogen-bond donors (Lipinski definition) is 0. The molecule has 1 saturated carbocycles. The lowest BCUT2D eigenvalue weighted by atomic mass is 9.58. The molecule has 0 N–H and O–H groups in total. The molecule has 0 amide bonds. The molecule has 0 radical (unpaired) electrons. The molecule has 14 heavy (non-hydrogen) atoms. The van der Waals surface area contributed by atoms with Crippen LogP contribution in [-0.4, -0.2) is 0 Å². The van der Waals surface area contributed by atoms with Crippen LogP contribution in [0.3, 0.4) is 0 Å². The molecule has 0 aromatic rings. The zero-order chi connectivity index (χ0) is 10.7. The van der Waals surface area contributed by atoms with Crippen molar-refractivity contribution in [2.45, 2.75) is 47.5 Å². The maximum Gasteiger partial charge on any atom is -0.0179 e. The van der Waals surface area contributed by atoms with Crippen molar-refractivity contribution >= 4 is 0 Å². The highest BCUT2D eigenvalue weighted by Gasteiger charge is 2.40. The first-order chi connectivity index (χ1) is 6.61. The van der Waals surface area contributed by atoms with Gasteiger partial charge in [-0.25, -0.2) is 0 Å². The predicted molar refractivity (Wildman–Crippen MR) is 64.2 cm³/mol. The highest BCUT2D eigenvalue weighted by Crippen LogP contribution is 2.48. The molecule has 0 aliphatic heterocycles. The second kappa shape index (κ2) is 5.00. The topological polar surface area (TPSA) is 0 Å². The molecule has 0 heterocycles. The second-order valence-corrected chi connectivity index (χ2v) is 5.30. The average molecular weight is 194 g/mol. The van der Waals surface area contributed by atoms with Crippen LogP contribution in [0.5, 0.6) is 0 Å². The molecule has 0 heteroatoms. The molecule has 1 rings (SSSR count). The van der Waals surface area contributed by atoms with Crippen LogP contribution in [0.25, 0.3) is 0 Å². The van der Waals surface area contributed by atoms with Gasteiger partial charge in [-0.1, -0.05) is 46.3 Å². The van der Waals surface area contributed by atoms with E-state index in [2.05, 4.69) is 46.8 Å². The van der Waals surface area contributed by atoms with Crippen LogP contribution in [-0.2, 0) is 0 Å². The molecule has 0 bridgehead atoms. The highest BCUT2D eigenvalue weighted by molar-refractivity contribution is 4.99. The monoisotopic (exact) mass is 194 g/mol. The predicted octanol–water partition coefficient (Wildman–Crippen LogP) is 4.52. The van der Waals surface area contributed by atoms with Gasteiger partial charge in [0.05, 0.1) is 0 Å². The summed E-state index contributed by atoms with van der Waals surface area (Å²) in [5.74, 6) is 4.54. The molecule has 1 aliphatic carbocycles. The Morgan fingerprint density at radius 2 is 2.00 bits per heavy atom. The third kappa shape index (κ3) is 2.21. The molecular formula is C14H26. The molecule has 1 fully saturated rings. The summed E-state index contributed by atoms with van der Waals surface area (Å²) in [6.45, 7) is 11.6. The zero-order valence-corrected chi connectivity index (χ0v) is 10.5. The third-order valence-electron chi connectivity index (χ3n) is 4.08. The average Bonchev–Trinajstić information content (AvgIpc) is 2.11. The van der Waals surface area contributed by atoms with E-state index in [1.807, 2.05) is 0 Å². The Labute approximate surface area is 89.8 Å². The van der Waals surface area contributed by atoms with Gasteiger partial charge in [0.15, 0.2) is 0 Å². The summed E-state index contributed by atoms with van der Waals surface area (Å²) in [6, 6.07) is 0. The van der Waals surface area contributed by atoms with E-state index in [4.69, 9.17) is 0 Å². The Morgan fingerprint density at radius 3 is 2.36 bits per heavy atom. The third-order valence-corrected chi connectivity index (χ3v) is 4.08. The van der Waals surface area contributed by atoms with Crippen molar-refractivity contribution in [2.75, 3.05) is 0 Å². The van der Waals surface area contributed by atoms with Gasteiger partial charge < -0.3 is 0 Å². The lowest BCUT2D eigenvalue weighted by Gasteiger charge is -2.47. The Bertz CT molecular complexity index is 190. The van der Waals surface area contributed by atoms with Gasteiger partial charge in [0.2, 0.25) is 0 Å². The summed E-state index contributed by atoms with van der Waals surface area (Å²) < 4.78 is 0. The van der Waals surface area contributed by atoms with E-state index in [1.165, 1.54) is 12.8 Å². The molecular weight excluding hydrogens is 168 g/mol. The van der Waals surface area contributed by atoms with Crippen molar-refractivity contribution in [3.05, 3.63) is 12.2 Å². The molecule has 1 aliphatic rings. The highest BCUT2D eigenvalue weighted by atomic mass is 14.5. The first-order valence-corrected chi connectivity index (χ1v) is 6.24. The van der Waals surface area contributed by atoms with Crippen molar-refractivity contribution in [3.8, 4) is 0 Å². The van der Waals surface area contributed by atoms with E-state index in [0.29, 0.717) is 0 Å². The van der Waals surface area contributed by atoms with Crippen LogP contribution in [0.15, 0.2) is 12.2 Å². The van der Waals surface area contributed by atoms with Crippen LogP contribution < -0.4 is 0 Å². The van der Waals surface area contributed by atoms with Gasteiger partial charge in [-0.3, -0.25) is 0 Å².